The van der Waals surface area contributed by atoms with E-state index >= 15 is 0 Å². The fraction of sp³-hybridized carbons (Fsp3) is 0.700. The maximum Gasteiger partial charge on any atom is 0.159 e. The lowest BCUT2D eigenvalue weighted by Crippen LogP contribution is -2.44. The van der Waals surface area contributed by atoms with Gasteiger partial charge in [-0.2, -0.15) is 0 Å². The van der Waals surface area contributed by atoms with Crippen molar-refractivity contribution >= 4 is 5.78 Å². The van der Waals surface area contributed by atoms with Gasteiger partial charge in [0.25, 0.3) is 0 Å². The van der Waals surface area contributed by atoms with Crippen LogP contribution in [-0.2, 0) is 4.79 Å². The highest BCUT2D eigenvalue weighted by Crippen LogP contribution is 2.26. The predicted molar refractivity (Wildman–Crippen MR) is 47.9 cm³/mol. The Morgan fingerprint density at radius 1 is 1.58 bits per heavy atom. The van der Waals surface area contributed by atoms with E-state index in [2.05, 4.69) is 11.4 Å². The van der Waals surface area contributed by atoms with Crippen LogP contribution < -0.4 is 5.32 Å². The van der Waals surface area contributed by atoms with E-state index in [0.717, 1.165) is 12.1 Å². The SMILES string of the molecule is CC1=CC2CCCNC2CC1=O. The molecule has 0 aromatic carbocycles. The molecule has 1 N–H and O–H groups in total. The largest absolute Gasteiger partial charge is 0.313 e. The van der Waals surface area contributed by atoms with Crippen LogP contribution in [0.3, 0.4) is 0 Å². The van der Waals surface area contributed by atoms with Gasteiger partial charge in [0.15, 0.2) is 5.78 Å². The fourth-order valence-electron chi connectivity index (χ4n) is 2.18. The maximum atomic E-state index is 11.3. The normalized spacial score (nSPS) is 35.8. The van der Waals surface area contributed by atoms with Crippen LogP contribution in [0.1, 0.15) is 26.2 Å². The monoisotopic (exact) mass is 165 g/mol. The van der Waals surface area contributed by atoms with Crippen LogP contribution in [0.2, 0.25) is 0 Å². The molecule has 12 heavy (non-hydrogen) atoms. The lowest BCUT2D eigenvalue weighted by atomic mass is 9.81. The summed E-state index contributed by atoms with van der Waals surface area (Å²) in [6, 6.07) is 0.440. The third-order valence-electron chi connectivity index (χ3n) is 2.95. The molecule has 2 unspecified atom stereocenters. The highest BCUT2D eigenvalue weighted by molar-refractivity contribution is 5.96. The molecule has 1 heterocycles. The molecule has 1 saturated heterocycles. The van der Waals surface area contributed by atoms with Gasteiger partial charge >= 0.3 is 0 Å². The van der Waals surface area contributed by atoms with Crippen molar-refractivity contribution in [1.29, 1.82) is 0 Å². The topological polar surface area (TPSA) is 29.1 Å². The van der Waals surface area contributed by atoms with E-state index < -0.39 is 0 Å². The minimum atomic E-state index is 0.325. The first-order valence-electron chi connectivity index (χ1n) is 4.72. The number of hydrogen-bond acceptors (Lipinski definition) is 2. The number of piperidine rings is 1. The summed E-state index contributed by atoms with van der Waals surface area (Å²) in [6.45, 7) is 3.02. The molecule has 0 amide bonds. The molecule has 0 aromatic heterocycles. The smallest absolute Gasteiger partial charge is 0.159 e. The minimum Gasteiger partial charge on any atom is -0.313 e. The van der Waals surface area contributed by atoms with Crippen molar-refractivity contribution in [3.05, 3.63) is 11.6 Å². The van der Waals surface area contributed by atoms with Crippen molar-refractivity contribution in [2.45, 2.75) is 32.2 Å². The Balaban J connectivity index is 2.17. The van der Waals surface area contributed by atoms with E-state index in [1.54, 1.807) is 0 Å². The van der Waals surface area contributed by atoms with E-state index in [0.29, 0.717) is 24.2 Å². The van der Waals surface area contributed by atoms with Crippen LogP contribution >= 0.6 is 0 Å². The van der Waals surface area contributed by atoms with Crippen molar-refractivity contribution in [2.75, 3.05) is 6.54 Å². The van der Waals surface area contributed by atoms with Gasteiger partial charge in [-0.15, -0.1) is 0 Å². The van der Waals surface area contributed by atoms with E-state index in [1.165, 1.54) is 12.8 Å². The van der Waals surface area contributed by atoms with Crippen molar-refractivity contribution < 1.29 is 4.79 Å². The zero-order valence-electron chi connectivity index (χ0n) is 7.47. The van der Waals surface area contributed by atoms with Crippen LogP contribution in [0.5, 0.6) is 0 Å². The molecule has 2 aliphatic rings. The summed E-state index contributed by atoms with van der Waals surface area (Å²) in [7, 11) is 0. The second kappa shape index (κ2) is 3.02. The summed E-state index contributed by atoms with van der Waals surface area (Å²) in [5.74, 6) is 0.946. The van der Waals surface area contributed by atoms with Crippen molar-refractivity contribution in [3.8, 4) is 0 Å². The summed E-state index contributed by atoms with van der Waals surface area (Å²) in [4.78, 5) is 11.3. The predicted octanol–water partition coefficient (Wildman–Crippen LogP) is 1.27. The second-order valence-corrected chi connectivity index (χ2v) is 3.84. The van der Waals surface area contributed by atoms with Gasteiger partial charge in [-0.25, -0.2) is 0 Å². The van der Waals surface area contributed by atoms with Crippen LogP contribution in [-0.4, -0.2) is 18.4 Å². The zero-order valence-corrected chi connectivity index (χ0v) is 7.47. The molecule has 1 aliphatic carbocycles. The molecule has 1 fully saturated rings. The van der Waals surface area contributed by atoms with Gasteiger partial charge in [-0.05, 0) is 37.8 Å². The number of carbonyl (C=O) groups is 1. The lowest BCUT2D eigenvalue weighted by Gasteiger charge is -2.33. The molecule has 2 atom stereocenters. The average molecular weight is 165 g/mol. The zero-order chi connectivity index (χ0) is 8.55. The summed E-state index contributed by atoms with van der Waals surface area (Å²) in [5.41, 5.74) is 0.972. The maximum absolute atomic E-state index is 11.3. The van der Waals surface area contributed by atoms with Gasteiger partial charge in [0.1, 0.15) is 0 Å². The molecular weight excluding hydrogens is 150 g/mol. The van der Waals surface area contributed by atoms with Crippen molar-refractivity contribution in [1.82, 2.24) is 5.32 Å². The number of allylic oxidation sites excluding steroid dienone is 1. The molecule has 2 rings (SSSR count). The Labute approximate surface area is 73.0 Å². The van der Waals surface area contributed by atoms with Crippen LogP contribution in [0.4, 0.5) is 0 Å². The van der Waals surface area contributed by atoms with E-state index in [-0.39, 0.29) is 0 Å². The molecule has 2 heteroatoms. The number of fused-ring (bicyclic) bond motifs is 1. The molecule has 0 spiro atoms. The van der Waals surface area contributed by atoms with Gasteiger partial charge in [0.2, 0.25) is 0 Å². The van der Waals surface area contributed by atoms with Crippen LogP contribution in [0.25, 0.3) is 0 Å². The highest BCUT2D eigenvalue weighted by Gasteiger charge is 2.29. The molecule has 2 nitrogen and oxygen atoms in total. The van der Waals surface area contributed by atoms with Crippen molar-refractivity contribution in [2.24, 2.45) is 5.92 Å². The van der Waals surface area contributed by atoms with Gasteiger partial charge in [0.05, 0.1) is 0 Å². The fourth-order valence-corrected chi connectivity index (χ4v) is 2.18. The van der Waals surface area contributed by atoms with Gasteiger partial charge in [-0.1, -0.05) is 6.08 Å². The third kappa shape index (κ3) is 1.31. The molecule has 66 valence electrons. The minimum absolute atomic E-state index is 0.325. The number of rotatable bonds is 0. The Bertz CT molecular complexity index is 232. The number of carbonyl (C=O) groups excluding carboxylic acids is 1. The Morgan fingerprint density at radius 3 is 3.25 bits per heavy atom. The first kappa shape index (κ1) is 7.99. The Morgan fingerprint density at radius 2 is 2.42 bits per heavy atom. The van der Waals surface area contributed by atoms with E-state index in [4.69, 9.17) is 0 Å². The average Bonchev–Trinajstić information content (AvgIpc) is 2.07. The summed E-state index contributed by atoms with van der Waals surface area (Å²) in [5, 5.41) is 3.41. The third-order valence-corrected chi connectivity index (χ3v) is 2.95. The van der Waals surface area contributed by atoms with Crippen molar-refractivity contribution in [3.63, 3.8) is 0 Å². The molecule has 0 saturated carbocycles. The molecular formula is C10H15NO. The Hall–Kier alpha value is -0.630. The number of ketones is 1. The quantitative estimate of drug-likeness (QED) is 0.585. The molecule has 0 radical (unpaired) electrons. The molecule has 1 aliphatic heterocycles. The summed E-state index contributed by atoms with van der Waals surface area (Å²) < 4.78 is 0. The summed E-state index contributed by atoms with van der Waals surface area (Å²) in [6.07, 6.45) is 5.37. The van der Waals surface area contributed by atoms with E-state index in [9.17, 15) is 4.79 Å². The number of hydrogen-bond donors (Lipinski definition) is 1. The highest BCUT2D eigenvalue weighted by atomic mass is 16.1. The van der Waals surface area contributed by atoms with Gasteiger partial charge in [-0.3, -0.25) is 4.79 Å². The Kier molecular flexibility index (Phi) is 2.01. The standard InChI is InChI=1S/C10H15NO/c1-7-5-8-3-2-4-11-9(8)6-10(7)12/h5,8-9,11H,2-4,6H2,1H3. The number of nitrogens with one attached hydrogen (secondary N) is 1. The van der Waals surface area contributed by atoms with Crippen LogP contribution in [0.15, 0.2) is 11.6 Å². The van der Waals surface area contributed by atoms with Crippen LogP contribution in [0, 0.1) is 5.92 Å². The first-order chi connectivity index (χ1) is 5.77. The lowest BCUT2D eigenvalue weighted by molar-refractivity contribution is -0.116. The van der Waals surface area contributed by atoms with Gasteiger partial charge in [0, 0.05) is 12.5 Å². The number of Topliss-reactive ketones (excluding diaryl/α,β-unsaturated/α-hetero) is 1. The van der Waals surface area contributed by atoms with Gasteiger partial charge < -0.3 is 5.32 Å². The summed E-state index contributed by atoms with van der Waals surface area (Å²) >= 11 is 0. The molecule has 0 aromatic rings. The first-order valence-corrected chi connectivity index (χ1v) is 4.72. The second-order valence-electron chi connectivity index (χ2n) is 3.84. The molecule has 0 bridgehead atoms. The van der Waals surface area contributed by atoms with E-state index in [1.807, 2.05) is 6.92 Å².